The van der Waals surface area contributed by atoms with Gasteiger partial charge in [-0.05, 0) is 30.7 Å². The van der Waals surface area contributed by atoms with Gasteiger partial charge in [-0.1, -0.05) is 6.07 Å². The molecule has 2 aromatic rings. The highest BCUT2D eigenvalue weighted by molar-refractivity contribution is 5.51. The first-order valence-electron chi connectivity index (χ1n) is 10.2. The summed E-state index contributed by atoms with van der Waals surface area (Å²) in [7, 11) is 1.70. The molecule has 1 fully saturated rings. The number of pyridine rings is 1. The zero-order valence-corrected chi connectivity index (χ0v) is 17.0. The third kappa shape index (κ3) is 5.38. The van der Waals surface area contributed by atoms with Gasteiger partial charge >= 0.3 is 0 Å². The Kier molecular flexibility index (Phi) is 6.82. The Bertz CT molecular complexity index is 781. The summed E-state index contributed by atoms with van der Waals surface area (Å²) >= 11 is 0. The van der Waals surface area contributed by atoms with Gasteiger partial charge in [0.15, 0.2) is 11.5 Å². The molecule has 29 heavy (non-hydrogen) atoms. The molecule has 0 amide bonds. The molecule has 1 aromatic heterocycles. The summed E-state index contributed by atoms with van der Waals surface area (Å²) < 4.78 is 22.1. The summed E-state index contributed by atoms with van der Waals surface area (Å²) in [6.45, 7) is 7.70. The number of hydrogen-bond donors (Lipinski definition) is 0. The highest BCUT2D eigenvalue weighted by Crippen LogP contribution is 2.38. The lowest BCUT2D eigenvalue weighted by atomic mass is 10.1. The predicted octanol–water partition coefficient (Wildman–Crippen LogP) is 2.54. The molecule has 7 nitrogen and oxygen atoms in total. The van der Waals surface area contributed by atoms with Crippen LogP contribution >= 0.6 is 0 Å². The van der Waals surface area contributed by atoms with Gasteiger partial charge in [-0.2, -0.15) is 0 Å². The van der Waals surface area contributed by atoms with E-state index in [2.05, 4.69) is 20.9 Å². The first-order chi connectivity index (χ1) is 14.3. The summed E-state index contributed by atoms with van der Waals surface area (Å²) in [4.78, 5) is 9.19. The van der Waals surface area contributed by atoms with Crippen molar-refractivity contribution < 1.29 is 18.9 Å². The van der Waals surface area contributed by atoms with Crippen LogP contribution in [0.25, 0.3) is 0 Å². The van der Waals surface area contributed by atoms with Crippen molar-refractivity contribution in [1.29, 1.82) is 0 Å². The monoisotopic (exact) mass is 399 g/mol. The fraction of sp³-hybridized carbons (Fsp3) is 0.500. The second-order valence-electron chi connectivity index (χ2n) is 7.40. The number of methoxy groups -OCH3 is 1. The van der Waals surface area contributed by atoms with E-state index in [1.807, 2.05) is 30.6 Å². The van der Waals surface area contributed by atoms with Crippen molar-refractivity contribution in [3.63, 3.8) is 0 Å². The Morgan fingerprint density at radius 3 is 2.72 bits per heavy atom. The van der Waals surface area contributed by atoms with Crippen LogP contribution in [0.4, 0.5) is 0 Å². The zero-order valence-electron chi connectivity index (χ0n) is 17.0. The van der Waals surface area contributed by atoms with Gasteiger partial charge in [-0.3, -0.25) is 14.8 Å². The standard InChI is InChI=1S/C22H29N3O4/c1-26-20-13-22-21(28-17-29-22)12-19(20)16-25(15-18-4-2-5-23-14-18)7-3-6-24-8-10-27-11-9-24/h2,4-5,12-14H,3,6-11,15-17H2,1H3. The number of fused-ring (bicyclic) bond motifs is 1. The molecule has 7 heteroatoms. The number of ether oxygens (including phenoxy) is 4. The number of morpholine rings is 1. The summed E-state index contributed by atoms with van der Waals surface area (Å²) in [5.74, 6) is 2.37. The third-order valence-electron chi connectivity index (χ3n) is 5.35. The Labute approximate surface area is 172 Å². The van der Waals surface area contributed by atoms with Crippen molar-refractivity contribution in [3.8, 4) is 17.2 Å². The Balaban J connectivity index is 1.44. The quantitative estimate of drug-likeness (QED) is 0.642. The van der Waals surface area contributed by atoms with E-state index in [4.69, 9.17) is 18.9 Å². The smallest absolute Gasteiger partial charge is 0.231 e. The lowest BCUT2D eigenvalue weighted by Gasteiger charge is -2.28. The van der Waals surface area contributed by atoms with Crippen molar-refractivity contribution in [2.24, 2.45) is 0 Å². The van der Waals surface area contributed by atoms with Crippen LogP contribution in [0.15, 0.2) is 36.7 Å². The molecular weight excluding hydrogens is 370 g/mol. The highest BCUT2D eigenvalue weighted by atomic mass is 16.7. The molecule has 0 spiro atoms. The number of aromatic nitrogens is 1. The minimum absolute atomic E-state index is 0.265. The van der Waals surface area contributed by atoms with Crippen LogP contribution < -0.4 is 14.2 Å². The van der Waals surface area contributed by atoms with Crippen LogP contribution in [0, 0.1) is 0 Å². The van der Waals surface area contributed by atoms with E-state index >= 15 is 0 Å². The third-order valence-corrected chi connectivity index (χ3v) is 5.35. The summed E-state index contributed by atoms with van der Waals surface area (Å²) in [5.41, 5.74) is 2.31. The van der Waals surface area contributed by atoms with Crippen molar-refractivity contribution in [2.75, 3.05) is 53.3 Å². The molecule has 0 N–H and O–H groups in total. The van der Waals surface area contributed by atoms with E-state index in [0.29, 0.717) is 0 Å². The van der Waals surface area contributed by atoms with Gasteiger partial charge in [0.1, 0.15) is 5.75 Å². The topological polar surface area (TPSA) is 56.3 Å². The lowest BCUT2D eigenvalue weighted by Crippen LogP contribution is -2.38. The Morgan fingerprint density at radius 2 is 1.97 bits per heavy atom. The molecule has 4 rings (SSSR count). The molecule has 156 valence electrons. The molecule has 1 saturated heterocycles. The fourth-order valence-electron chi connectivity index (χ4n) is 3.83. The lowest BCUT2D eigenvalue weighted by molar-refractivity contribution is 0.0358. The zero-order chi connectivity index (χ0) is 19.9. The Morgan fingerprint density at radius 1 is 1.14 bits per heavy atom. The van der Waals surface area contributed by atoms with Crippen molar-refractivity contribution >= 4 is 0 Å². The van der Waals surface area contributed by atoms with Crippen molar-refractivity contribution in [2.45, 2.75) is 19.5 Å². The van der Waals surface area contributed by atoms with Gasteiger partial charge in [0, 0.05) is 56.7 Å². The number of benzene rings is 1. The van der Waals surface area contributed by atoms with Gasteiger partial charge in [-0.25, -0.2) is 0 Å². The summed E-state index contributed by atoms with van der Waals surface area (Å²) in [6.07, 6.45) is 4.85. The summed E-state index contributed by atoms with van der Waals surface area (Å²) in [6, 6.07) is 8.08. The molecule has 2 aliphatic rings. The van der Waals surface area contributed by atoms with Crippen LogP contribution in [-0.2, 0) is 17.8 Å². The minimum atomic E-state index is 0.265. The van der Waals surface area contributed by atoms with E-state index in [0.717, 1.165) is 81.7 Å². The molecule has 2 aliphatic heterocycles. The summed E-state index contributed by atoms with van der Waals surface area (Å²) in [5, 5.41) is 0. The van der Waals surface area contributed by atoms with Gasteiger partial charge < -0.3 is 18.9 Å². The predicted molar refractivity (Wildman–Crippen MR) is 109 cm³/mol. The minimum Gasteiger partial charge on any atom is -0.496 e. The van der Waals surface area contributed by atoms with E-state index < -0.39 is 0 Å². The maximum atomic E-state index is 5.62. The maximum absolute atomic E-state index is 5.62. The SMILES string of the molecule is COc1cc2c(cc1CN(CCCN1CCOCC1)Cc1cccnc1)OCO2. The molecule has 1 aromatic carbocycles. The highest BCUT2D eigenvalue weighted by Gasteiger charge is 2.20. The van der Waals surface area contributed by atoms with Crippen LogP contribution in [0.3, 0.4) is 0 Å². The van der Waals surface area contributed by atoms with Gasteiger partial charge in [-0.15, -0.1) is 0 Å². The molecule has 0 bridgehead atoms. The number of hydrogen-bond acceptors (Lipinski definition) is 7. The fourth-order valence-corrected chi connectivity index (χ4v) is 3.83. The van der Waals surface area contributed by atoms with Crippen LogP contribution in [0.2, 0.25) is 0 Å². The van der Waals surface area contributed by atoms with Crippen molar-refractivity contribution in [3.05, 3.63) is 47.8 Å². The maximum Gasteiger partial charge on any atom is 0.231 e. The van der Waals surface area contributed by atoms with Crippen LogP contribution in [-0.4, -0.2) is 68.1 Å². The second-order valence-corrected chi connectivity index (χ2v) is 7.40. The van der Waals surface area contributed by atoms with E-state index in [1.54, 1.807) is 7.11 Å². The van der Waals surface area contributed by atoms with Gasteiger partial charge in [0.05, 0.1) is 20.3 Å². The molecule has 0 unspecified atom stereocenters. The van der Waals surface area contributed by atoms with Gasteiger partial charge in [0.25, 0.3) is 0 Å². The average molecular weight is 399 g/mol. The number of rotatable bonds is 9. The van der Waals surface area contributed by atoms with Crippen LogP contribution in [0.1, 0.15) is 17.5 Å². The molecule has 0 aliphatic carbocycles. The first-order valence-corrected chi connectivity index (χ1v) is 10.2. The average Bonchev–Trinajstić information content (AvgIpc) is 3.22. The van der Waals surface area contributed by atoms with E-state index in [9.17, 15) is 0 Å². The van der Waals surface area contributed by atoms with Crippen molar-refractivity contribution in [1.82, 2.24) is 14.8 Å². The first kappa shape index (κ1) is 19.9. The largest absolute Gasteiger partial charge is 0.496 e. The van der Waals surface area contributed by atoms with Crippen LogP contribution in [0.5, 0.6) is 17.2 Å². The van der Waals surface area contributed by atoms with E-state index in [1.165, 1.54) is 5.56 Å². The molecule has 0 radical (unpaired) electrons. The molecule has 0 saturated carbocycles. The molecule has 3 heterocycles. The normalized spacial score (nSPS) is 16.3. The number of nitrogens with zero attached hydrogens (tertiary/aromatic N) is 3. The van der Waals surface area contributed by atoms with E-state index in [-0.39, 0.29) is 6.79 Å². The molecule has 0 atom stereocenters. The van der Waals surface area contributed by atoms with Gasteiger partial charge in [0.2, 0.25) is 6.79 Å². The molecular formula is C22H29N3O4. The Hall–Kier alpha value is -2.35. The second kappa shape index (κ2) is 9.91.